The summed E-state index contributed by atoms with van der Waals surface area (Å²) in [6.07, 6.45) is 1.71. The van der Waals surface area contributed by atoms with Gasteiger partial charge < -0.3 is 4.74 Å². The molecular weight excluding hydrogens is 257 g/mol. The van der Waals surface area contributed by atoms with Crippen LogP contribution in [0.3, 0.4) is 0 Å². The second kappa shape index (κ2) is 5.67. The van der Waals surface area contributed by atoms with E-state index in [0.29, 0.717) is 17.1 Å². The van der Waals surface area contributed by atoms with E-state index in [1.807, 2.05) is 4.90 Å². The zero-order valence-corrected chi connectivity index (χ0v) is 10.9. The Bertz CT molecular complexity index is 453. The Morgan fingerprint density at radius 2 is 2.39 bits per heavy atom. The highest BCUT2D eigenvalue weighted by atomic mass is 35.5. The molecular formula is C13H15ClFNO2. The van der Waals surface area contributed by atoms with Gasteiger partial charge in [0, 0.05) is 11.6 Å². The maximum atomic E-state index is 13.2. The lowest BCUT2D eigenvalue weighted by atomic mass is 10.2. The van der Waals surface area contributed by atoms with Gasteiger partial charge in [-0.05, 0) is 43.1 Å². The molecule has 0 spiro atoms. The number of halogens is 2. The number of hydrogen-bond acceptors (Lipinski definition) is 3. The SMILES string of the molecule is COC(=O)C1CCCN1Cc1cc(F)ccc1Cl. The Morgan fingerprint density at radius 3 is 3.11 bits per heavy atom. The molecule has 1 fully saturated rings. The zero-order chi connectivity index (χ0) is 13.1. The molecule has 0 aliphatic carbocycles. The van der Waals surface area contributed by atoms with Crippen LogP contribution in [0, 0.1) is 5.82 Å². The number of rotatable bonds is 3. The molecule has 0 radical (unpaired) electrons. The van der Waals surface area contributed by atoms with Gasteiger partial charge in [0.2, 0.25) is 0 Å². The molecule has 98 valence electrons. The van der Waals surface area contributed by atoms with Gasteiger partial charge in [-0.15, -0.1) is 0 Å². The minimum absolute atomic E-state index is 0.236. The summed E-state index contributed by atoms with van der Waals surface area (Å²) in [5, 5.41) is 0.520. The molecule has 2 rings (SSSR count). The standard InChI is InChI=1S/C13H15ClFNO2/c1-18-13(17)12-3-2-6-16(12)8-9-7-10(15)4-5-11(9)14/h4-5,7,12H,2-3,6,8H2,1H3. The minimum Gasteiger partial charge on any atom is -0.468 e. The van der Waals surface area contributed by atoms with Gasteiger partial charge in [0.25, 0.3) is 0 Å². The molecule has 0 N–H and O–H groups in total. The first-order valence-corrected chi connectivity index (χ1v) is 6.25. The summed E-state index contributed by atoms with van der Waals surface area (Å²) in [7, 11) is 1.38. The van der Waals surface area contributed by atoms with E-state index in [2.05, 4.69) is 0 Å². The third kappa shape index (κ3) is 2.82. The van der Waals surface area contributed by atoms with Crippen LogP contribution >= 0.6 is 11.6 Å². The van der Waals surface area contributed by atoms with Gasteiger partial charge in [-0.1, -0.05) is 11.6 Å². The van der Waals surface area contributed by atoms with E-state index >= 15 is 0 Å². The summed E-state index contributed by atoms with van der Waals surface area (Å²) in [6.45, 7) is 1.27. The number of ether oxygens (including phenoxy) is 1. The molecule has 1 aliphatic rings. The predicted molar refractivity (Wildman–Crippen MR) is 66.9 cm³/mol. The van der Waals surface area contributed by atoms with Crippen molar-refractivity contribution in [2.75, 3.05) is 13.7 Å². The van der Waals surface area contributed by atoms with Gasteiger partial charge in [-0.2, -0.15) is 0 Å². The Morgan fingerprint density at radius 1 is 1.61 bits per heavy atom. The van der Waals surface area contributed by atoms with Gasteiger partial charge in [0.1, 0.15) is 11.9 Å². The number of nitrogens with zero attached hydrogens (tertiary/aromatic N) is 1. The molecule has 1 atom stereocenters. The summed E-state index contributed by atoms with van der Waals surface area (Å²) < 4.78 is 17.9. The summed E-state index contributed by atoms with van der Waals surface area (Å²) in [5.41, 5.74) is 0.701. The molecule has 1 heterocycles. The molecule has 3 nitrogen and oxygen atoms in total. The van der Waals surface area contributed by atoms with Crippen LogP contribution in [0.25, 0.3) is 0 Å². The number of carbonyl (C=O) groups excluding carboxylic acids is 1. The van der Waals surface area contributed by atoms with E-state index in [-0.39, 0.29) is 17.8 Å². The Kier molecular flexibility index (Phi) is 4.19. The van der Waals surface area contributed by atoms with E-state index in [4.69, 9.17) is 16.3 Å². The first-order chi connectivity index (χ1) is 8.61. The summed E-state index contributed by atoms with van der Waals surface area (Å²) in [6, 6.07) is 4.03. The van der Waals surface area contributed by atoms with E-state index in [9.17, 15) is 9.18 Å². The fourth-order valence-corrected chi connectivity index (χ4v) is 2.48. The molecule has 1 aromatic carbocycles. The van der Waals surface area contributed by atoms with Crippen molar-refractivity contribution < 1.29 is 13.9 Å². The molecule has 1 aliphatic heterocycles. The van der Waals surface area contributed by atoms with Crippen LogP contribution in [0.15, 0.2) is 18.2 Å². The van der Waals surface area contributed by atoms with Gasteiger partial charge in [0.05, 0.1) is 7.11 Å². The quantitative estimate of drug-likeness (QED) is 0.792. The topological polar surface area (TPSA) is 29.5 Å². The van der Waals surface area contributed by atoms with Crippen molar-refractivity contribution in [3.63, 3.8) is 0 Å². The second-order valence-corrected chi connectivity index (χ2v) is 4.79. The molecule has 0 amide bonds. The van der Waals surface area contributed by atoms with Gasteiger partial charge >= 0.3 is 5.97 Å². The molecule has 18 heavy (non-hydrogen) atoms. The number of methoxy groups -OCH3 is 1. The maximum Gasteiger partial charge on any atom is 0.323 e. The Balaban J connectivity index is 2.13. The Labute approximate surface area is 110 Å². The molecule has 0 aromatic heterocycles. The lowest BCUT2D eigenvalue weighted by Crippen LogP contribution is -2.36. The van der Waals surface area contributed by atoms with E-state index in [0.717, 1.165) is 19.4 Å². The third-order valence-electron chi connectivity index (χ3n) is 3.22. The normalized spacial score (nSPS) is 20.1. The van der Waals surface area contributed by atoms with Crippen LogP contribution < -0.4 is 0 Å². The van der Waals surface area contributed by atoms with Crippen LogP contribution in [0.5, 0.6) is 0 Å². The van der Waals surface area contributed by atoms with Crippen LogP contribution in [-0.2, 0) is 16.1 Å². The largest absolute Gasteiger partial charge is 0.468 e. The highest BCUT2D eigenvalue weighted by Gasteiger charge is 2.31. The summed E-state index contributed by atoms with van der Waals surface area (Å²) >= 11 is 6.03. The lowest BCUT2D eigenvalue weighted by Gasteiger charge is -2.22. The van der Waals surface area contributed by atoms with Crippen molar-refractivity contribution in [2.45, 2.75) is 25.4 Å². The summed E-state index contributed by atoms with van der Waals surface area (Å²) in [5.74, 6) is -0.553. The number of likely N-dealkylation sites (tertiary alicyclic amines) is 1. The van der Waals surface area contributed by atoms with E-state index in [1.54, 1.807) is 0 Å². The molecule has 1 saturated heterocycles. The van der Waals surface area contributed by atoms with Crippen molar-refractivity contribution in [1.29, 1.82) is 0 Å². The van der Waals surface area contributed by atoms with Crippen LogP contribution in [0.1, 0.15) is 18.4 Å². The maximum absolute atomic E-state index is 13.2. The molecule has 1 unspecified atom stereocenters. The number of esters is 1. The molecule has 5 heteroatoms. The van der Waals surface area contributed by atoms with Crippen molar-refractivity contribution in [3.8, 4) is 0 Å². The first-order valence-electron chi connectivity index (χ1n) is 5.87. The lowest BCUT2D eigenvalue weighted by molar-refractivity contribution is -0.146. The summed E-state index contributed by atoms with van der Waals surface area (Å²) in [4.78, 5) is 13.6. The number of benzene rings is 1. The van der Waals surface area contributed by atoms with Crippen molar-refractivity contribution in [2.24, 2.45) is 0 Å². The molecule has 0 bridgehead atoms. The highest BCUT2D eigenvalue weighted by Crippen LogP contribution is 2.25. The zero-order valence-electron chi connectivity index (χ0n) is 10.2. The van der Waals surface area contributed by atoms with Crippen molar-refractivity contribution in [1.82, 2.24) is 4.90 Å². The average Bonchev–Trinajstić information content (AvgIpc) is 2.81. The average molecular weight is 272 g/mol. The first kappa shape index (κ1) is 13.3. The van der Waals surface area contributed by atoms with E-state index < -0.39 is 0 Å². The van der Waals surface area contributed by atoms with Gasteiger partial charge in [-0.3, -0.25) is 9.69 Å². The van der Waals surface area contributed by atoms with Crippen LogP contribution in [-0.4, -0.2) is 30.6 Å². The fourth-order valence-electron chi connectivity index (χ4n) is 2.30. The molecule has 0 saturated carbocycles. The minimum atomic E-state index is -0.316. The van der Waals surface area contributed by atoms with E-state index in [1.165, 1.54) is 25.3 Å². The van der Waals surface area contributed by atoms with Gasteiger partial charge in [0.15, 0.2) is 0 Å². The number of hydrogen-bond donors (Lipinski definition) is 0. The highest BCUT2D eigenvalue weighted by molar-refractivity contribution is 6.31. The van der Waals surface area contributed by atoms with Crippen molar-refractivity contribution >= 4 is 17.6 Å². The fraction of sp³-hybridized carbons (Fsp3) is 0.462. The number of carbonyl (C=O) groups is 1. The van der Waals surface area contributed by atoms with Gasteiger partial charge in [-0.25, -0.2) is 4.39 Å². The van der Waals surface area contributed by atoms with Crippen LogP contribution in [0.2, 0.25) is 5.02 Å². The predicted octanol–water partition coefficient (Wildman–Crippen LogP) is 2.62. The van der Waals surface area contributed by atoms with Crippen LogP contribution in [0.4, 0.5) is 4.39 Å². The van der Waals surface area contributed by atoms with Crippen molar-refractivity contribution in [3.05, 3.63) is 34.6 Å². The smallest absolute Gasteiger partial charge is 0.323 e. The Hall–Kier alpha value is -1.13. The third-order valence-corrected chi connectivity index (χ3v) is 3.59. The second-order valence-electron chi connectivity index (χ2n) is 4.39. The molecule has 1 aromatic rings. The monoisotopic (exact) mass is 271 g/mol.